The van der Waals surface area contributed by atoms with E-state index in [0.29, 0.717) is 17.4 Å². The fraction of sp³-hybridized carbons (Fsp3) is 0.250. The van der Waals surface area contributed by atoms with Crippen LogP contribution in [0.15, 0.2) is 48.5 Å². The first-order chi connectivity index (χ1) is 8.97. The van der Waals surface area contributed by atoms with Crippen LogP contribution >= 0.6 is 11.6 Å². The van der Waals surface area contributed by atoms with Crippen molar-refractivity contribution >= 4 is 11.6 Å². The molecule has 0 spiro atoms. The van der Waals surface area contributed by atoms with Gasteiger partial charge in [-0.3, -0.25) is 0 Å². The zero-order valence-corrected chi connectivity index (χ0v) is 11.8. The molecule has 19 heavy (non-hydrogen) atoms. The summed E-state index contributed by atoms with van der Waals surface area (Å²) in [4.78, 5) is 0. The molecule has 3 heteroatoms. The Labute approximate surface area is 118 Å². The van der Waals surface area contributed by atoms with Crippen molar-refractivity contribution in [2.45, 2.75) is 26.1 Å². The highest BCUT2D eigenvalue weighted by molar-refractivity contribution is 6.32. The van der Waals surface area contributed by atoms with Crippen molar-refractivity contribution in [1.29, 1.82) is 0 Å². The summed E-state index contributed by atoms with van der Waals surface area (Å²) >= 11 is 6.11. The van der Waals surface area contributed by atoms with Gasteiger partial charge in [0, 0.05) is 0 Å². The molecule has 2 aromatic carbocycles. The number of hydrogen-bond acceptors (Lipinski definition) is 2. The molecular formula is C16H17ClO2. The largest absolute Gasteiger partial charge is 0.487 e. The average Bonchev–Trinajstić information content (AvgIpc) is 2.37. The molecule has 0 unspecified atom stereocenters. The molecule has 0 saturated heterocycles. The normalized spacial score (nSPS) is 11.4. The maximum Gasteiger partial charge on any atom is 0.138 e. The van der Waals surface area contributed by atoms with Gasteiger partial charge in [-0.1, -0.05) is 48.0 Å². The highest BCUT2D eigenvalue weighted by atomic mass is 35.5. The maximum absolute atomic E-state index is 9.99. The minimum atomic E-state index is -0.907. The number of halogens is 1. The van der Waals surface area contributed by atoms with E-state index in [2.05, 4.69) is 0 Å². The molecule has 0 atom stereocenters. The van der Waals surface area contributed by atoms with Crippen molar-refractivity contribution in [3.8, 4) is 5.75 Å². The second-order valence-corrected chi connectivity index (χ2v) is 5.39. The molecule has 100 valence electrons. The summed E-state index contributed by atoms with van der Waals surface area (Å²) in [5.74, 6) is 0.588. The molecule has 0 amide bonds. The number of hydrogen-bond donors (Lipinski definition) is 1. The molecule has 0 bridgehead atoms. The third kappa shape index (κ3) is 3.72. The molecule has 0 aromatic heterocycles. The monoisotopic (exact) mass is 276 g/mol. The van der Waals surface area contributed by atoms with E-state index in [1.54, 1.807) is 32.0 Å². The van der Waals surface area contributed by atoms with Crippen molar-refractivity contribution in [3.63, 3.8) is 0 Å². The quantitative estimate of drug-likeness (QED) is 0.909. The van der Waals surface area contributed by atoms with Crippen LogP contribution in [0.3, 0.4) is 0 Å². The molecular weight excluding hydrogens is 260 g/mol. The number of benzene rings is 2. The molecule has 0 aliphatic heterocycles. The fourth-order valence-electron chi connectivity index (χ4n) is 1.73. The van der Waals surface area contributed by atoms with Crippen LogP contribution in [-0.4, -0.2) is 5.11 Å². The van der Waals surface area contributed by atoms with Crippen LogP contribution < -0.4 is 4.74 Å². The first-order valence-corrected chi connectivity index (χ1v) is 6.54. The van der Waals surface area contributed by atoms with Gasteiger partial charge < -0.3 is 9.84 Å². The molecule has 0 heterocycles. The summed E-state index contributed by atoms with van der Waals surface area (Å²) in [5.41, 5.74) is 0.947. The van der Waals surface area contributed by atoms with E-state index < -0.39 is 5.60 Å². The molecule has 1 N–H and O–H groups in total. The van der Waals surface area contributed by atoms with E-state index >= 15 is 0 Å². The summed E-state index contributed by atoms with van der Waals surface area (Å²) in [6.07, 6.45) is 0. The molecule has 0 saturated carbocycles. The Morgan fingerprint density at radius 1 is 1.11 bits per heavy atom. The zero-order chi connectivity index (χ0) is 13.9. The van der Waals surface area contributed by atoms with Gasteiger partial charge in [-0.05, 0) is 37.1 Å². The number of ether oxygens (including phenoxy) is 1. The van der Waals surface area contributed by atoms with Crippen LogP contribution in [0.1, 0.15) is 25.0 Å². The lowest BCUT2D eigenvalue weighted by Crippen LogP contribution is -2.15. The standard InChI is InChI=1S/C16H17ClO2/c1-16(2,18)13-8-9-14(17)15(10-13)19-11-12-6-4-3-5-7-12/h3-10,18H,11H2,1-2H3. The first kappa shape index (κ1) is 13.9. The van der Waals surface area contributed by atoms with E-state index in [1.165, 1.54) is 0 Å². The van der Waals surface area contributed by atoms with Crippen LogP contribution in [0, 0.1) is 0 Å². The second-order valence-electron chi connectivity index (χ2n) is 4.98. The second kappa shape index (κ2) is 5.64. The SMILES string of the molecule is CC(C)(O)c1ccc(Cl)c(OCc2ccccc2)c1. The van der Waals surface area contributed by atoms with Crippen LogP contribution in [-0.2, 0) is 12.2 Å². The molecule has 2 rings (SSSR count). The molecule has 0 aliphatic rings. The van der Waals surface area contributed by atoms with Crippen molar-refractivity contribution in [2.24, 2.45) is 0 Å². The lowest BCUT2D eigenvalue weighted by molar-refractivity contribution is 0.0782. The van der Waals surface area contributed by atoms with Gasteiger partial charge in [0.2, 0.25) is 0 Å². The number of rotatable bonds is 4. The summed E-state index contributed by atoms with van der Waals surface area (Å²) in [6.45, 7) is 3.92. The first-order valence-electron chi connectivity index (χ1n) is 6.16. The lowest BCUT2D eigenvalue weighted by atomic mass is 9.98. The van der Waals surface area contributed by atoms with Crippen molar-refractivity contribution in [2.75, 3.05) is 0 Å². The lowest BCUT2D eigenvalue weighted by Gasteiger charge is -2.19. The Hall–Kier alpha value is -1.51. The Morgan fingerprint density at radius 2 is 1.79 bits per heavy atom. The molecule has 2 aromatic rings. The fourth-order valence-corrected chi connectivity index (χ4v) is 1.90. The van der Waals surface area contributed by atoms with Crippen molar-refractivity contribution in [1.82, 2.24) is 0 Å². The van der Waals surface area contributed by atoms with Crippen LogP contribution in [0.2, 0.25) is 5.02 Å². The van der Waals surface area contributed by atoms with Gasteiger partial charge in [-0.2, -0.15) is 0 Å². The van der Waals surface area contributed by atoms with Gasteiger partial charge in [0.25, 0.3) is 0 Å². The minimum Gasteiger partial charge on any atom is -0.487 e. The molecule has 0 radical (unpaired) electrons. The highest BCUT2D eigenvalue weighted by Gasteiger charge is 2.17. The summed E-state index contributed by atoms with van der Waals surface area (Å²) in [7, 11) is 0. The Balaban J connectivity index is 2.16. The molecule has 0 aliphatic carbocycles. The topological polar surface area (TPSA) is 29.5 Å². The molecule has 2 nitrogen and oxygen atoms in total. The summed E-state index contributed by atoms with van der Waals surface area (Å²) in [6, 6.07) is 15.2. The predicted molar refractivity (Wildman–Crippen MR) is 77.5 cm³/mol. The van der Waals surface area contributed by atoms with E-state index in [4.69, 9.17) is 16.3 Å². The van der Waals surface area contributed by atoms with Crippen LogP contribution in [0.4, 0.5) is 0 Å². The van der Waals surface area contributed by atoms with Gasteiger partial charge in [0.1, 0.15) is 12.4 Å². The van der Waals surface area contributed by atoms with Gasteiger partial charge in [0.05, 0.1) is 10.6 Å². The maximum atomic E-state index is 9.99. The van der Waals surface area contributed by atoms with E-state index in [1.807, 2.05) is 30.3 Å². The van der Waals surface area contributed by atoms with Crippen LogP contribution in [0.25, 0.3) is 0 Å². The summed E-state index contributed by atoms with van der Waals surface area (Å²) in [5, 5.41) is 10.5. The summed E-state index contributed by atoms with van der Waals surface area (Å²) < 4.78 is 5.72. The van der Waals surface area contributed by atoms with Crippen LogP contribution in [0.5, 0.6) is 5.75 Å². The van der Waals surface area contributed by atoms with Crippen molar-refractivity contribution in [3.05, 3.63) is 64.7 Å². The van der Waals surface area contributed by atoms with Gasteiger partial charge in [-0.25, -0.2) is 0 Å². The predicted octanol–water partition coefficient (Wildman–Crippen LogP) is 4.15. The average molecular weight is 277 g/mol. The molecule has 0 fully saturated rings. The van der Waals surface area contributed by atoms with Crippen molar-refractivity contribution < 1.29 is 9.84 Å². The Bertz CT molecular complexity index is 544. The van der Waals surface area contributed by atoms with E-state index in [0.717, 1.165) is 11.1 Å². The van der Waals surface area contributed by atoms with Gasteiger partial charge in [-0.15, -0.1) is 0 Å². The minimum absolute atomic E-state index is 0.454. The Kier molecular flexibility index (Phi) is 4.13. The third-order valence-electron chi connectivity index (χ3n) is 2.87. The zero-order valence-electron chi connectivity index (χ0n) is 11.1. The van der Waals surface area contributed by atoms with E-state index in [9.17, 15) is 5.11 Å². The van der Waals surface area contributed by atoms with Gasteiger partial charge in [0.15, 0.2) is 0 Å². The van der Waals surface area contributed by atoms with E-state index in [-0.39, 0.29) is 0 Å². The number of aliphatic hydroxyl groups is 1. The third-order valence-corrected chi connectivity index (χ3v) is 3.19. The highest BCUT2D eigenvalue weighted by Crippen LogP contribution is 2.30. The van der Waals surface area contributed by atoms with Gasteiger partial charge >= 0.3 is 0 Å². The smallest absolute Gasteiger partial charge is 0.138 e. The Morgan fingerprint density at radius 3 is 2.42 bits per heavy atom.